The van der Waals surface area contributed by atoms with Gasteiger partial charge >= 0.3 is 5.97 Å². The number of amides is 1. The van der Waals surface area contributed by atoms with E-state index >= 15 is 0 Å². The smallest absolute Gasteiger partial charge is 0.326 e. The number of Topliss-reactive ketones (excluding diaryl/α,β-unsaturated/α-hetero) is 1. The van der Waals surface area contributed by atoms with Gasteiger partial charge in [-0.2, -0.15) is 0 Å². The van der Waals surface area contributed by atoms with Crippen molar-refractivity contribution in [3.8, 4) is 0 Å². The van der Waals surface area contributed by atoms with Gasteiger partial charge in [0, 0.05) is 5.41 Å². The van der Waals surface area contributed by atoms with Crippen LogP contribution in [0.1, 0.15) is 86.0 Å². The van der Waals surface area contributed by atoms with Crippen molar-refractivity contribution in [2.24, 2.45) is 39.7 Å². The molecule has 4 aliphatic carbocycles. The third-order valence-corrected chi connectivity index (χ3v) is 10.3. The van der Waals surface area contributed by atoms with Crippen molar-refractivity contribution in [3.05, 3.63) is 11.6 Å². The van der Waals surface area contributed by atoms with Crippen molar-refractivity contribution < 1.29 is 29.4 Å². The van der Waals surface area contributed by atoms with Crippen LogP contribution < -0.4 is 5.32 Å². The number of ketones is 1. The van der Waals surface area contributed by atoms with Crippen LogP contribution in [-0.2, 0) is 19.2 Å². The molecule has 4 aliphatic rings. The Morgan fingerprint density at radius 1 is 1.11 bits per heavy atom. The predicted molar refractivity (Wildman–Crippen MR) is 135 cm³/mol. The molecular weight excluding hydrogens is 460 g/mol. The number of hydrogen-bond donors (Lipinski definition) is 3. The number of carboxylic acid groups (broad SMARTS) is 1. The molecule has 8 heteroatoms. The van der Waals surface area contributed by atoms with Gasteiger partial charge in [0.15, 0.2) is 12.4 Å². The van der Waals surface area contributed by atoms with Crippen LogP contribution >= 0.6 is 0 Å². The van der Waals surface area contributed by atoms with Gasteiger partial charge < -0.3 is 20.4 Å². The number of oxime groups is 1. The van der Waals surface area contributed by atoms with Crippen molar-refractivity contribution in [1.82, 2.24) is 5.32 Å². The summed E-state index contributed by atoms with van der Waals surface area (Å²) in [6, 6.07) is -0.954. The van der Waals surface area contributed by atoms with Gasteiger partial charge in [0.2, 0.25) is 0 Å². The van der Waals surface area contributed by atoms with Crippen LogP contribution in [-0.4, -0.2) is 51.8 Å². The molecular formula is C28H42N2O6. The van der Waals surface area contributed by atoms with Gasteiger partial charge in [0.25, 0.3) is 5.91 Å². The van der Waals surface area contributed by atoms with Crippen molar-refractivity contribution >= 4 is 23.4 Å². The van der Waals surface area contributed by atoms with Crippen LogP contribution in [0.4, 0.5) is 0 Å². The molecule has 0 heterocycles. The number of carbonyl (C=O) groups is 3. The molecule has 4 rings (SSSR count). The van der Waals surface area contributed by atoms with E-state index in [0.29, 0.717) is 24.2 Å². The third-order valence-electron chi connectivity index (χ3n) is 10.3. The molecule has 0 aromatic carbocycles. The molecule has 1 amide bonds. The monoisotopic (exact) mass is 502 g/mol. The first-order chi connectivity index (χ1) is 16.8. The number of carboxylic acids is 1. The van der Waals surface area contributed by atoms with Crippen molar-refractivity contribution in [1.29, 1.82) is 0 Å². The summed E-state index contributed by atoms with van der Waals surface area (Å²) in [4.78, 5) is 41.1. The predicted octanol–water partition coefficient (Wildman–Crippen LogP) is 3.87. The Bertz CT molecular complexity index is 989. The average Bonchev–Trinajstić information content (AvgIpc) is 3.09. The maximum atomic E-state index is 12.4. The minimum atomic E-state index is -1.19. The van der Waals surface area contributed by atoms with Gasteiger partial charge in [-0.15, -0.1) is 0 Å². The molecule has 3 fully saturated rings. The molecule has 3 saturated carbocycles. The number of allylic oxidation sites excluding steroid dienone is 2. The molecule has 7 atom stereocenters. The molecule has 3 N–H and O–H groups in total. The minimum absolute atomic E-state index is 0.0730. The summed E-state index contributed by atoms with van der Waals surface area (Å²) in [5.41, 5.74) is 0.761. The normalized spacial score (nSPS) is 39.5. The minimum Gasteiger partial charge on any atom is -0.480 e. The highest BCUT2D eigenvalue weighted by Gasteiger charge is 2.65. The first-order valence-corrected chi connectivity index (χ1v) is 13.5. The maximum Gasteiger partial charge on any atom is 0.326 e. The Labute approximate surface area is 213 Å². The zero-order chi connectivity index (χ0) is 26.5. The van der Waals surface area contributed by atoms with Gasteiger partial charge in [-0.25, -0.2) is 4.79 Å². The number of fused-ring (bicyclic) bond motifs is 5. The fourth-order valence-corrected chi connectivity index (χ4v) is 8.14. The molecule has 0 aromatic rings. The standard InChI is InChI=1S/C28H42N2O6/c1-16(2)24(25(33)34)29-23(32)15-36-30-19-8-11-26(4)18(14-19)6-7-20-21(26)9-12-27(5)22(20)10-13-28(27,35)17(3)31/h14,16,20-22,24,35H,6-13,15H2,1-5H3,(H,29,32)(H,33,34). The largest absolute Gasteiger partial charge is 0.480 e. The first-order valence-electron chi connectivity index (χ1n) is 13.5. The maximum absolute atomic E-state index is 12.4. The van der Waals surface area contributed by atoms with E-state index < -0.39 is 23.5 Å². The molecule has 0 spiro atoms. The molecule has 0 radical (unpaired) electrons. The second-order valence-corrected chi connectivity index (χ2v) is 12.4. The number of hydrogen-bond acceptors (Lipinski definition) is 6. The van der Waals surface area contributed by atoms with Gasteiger partial charge in [-0.1, -0.05) is 38.4 Å². The van der Waals surface area contributed by atoms with E-state index in [2.05, 4.69) is 30.4 Å². The van der Waals surface area contributed by atoms with Crippen molar-refractivity contribution in [2.75, 3.05) is 6.61 Å². The van der Waals surface area contributed by atoms with Crippen LogP contribution in [0.2, 0.25) is 0 Å². The molecule has 36 heavy (non-hydrogen) atoms. The van der Waals surface area contributed by atoms with E-state index in [1.54, 1.807) is 20.8 Å². The molecule has 8 nitrogen and oxygen atoms in total. The van der Waals surface area contributed by atoms with Crippen molar-refractivity contribution in [3.63, 3.8) is 0 Å². The summed E-state index contributed by atoms with van der Waals surface area (Å²) in [6.07, 6.45) is 9.29. The Balaban J connectivity index is 1.42. The van der Waals surface area contributed by atoms with Crippen LogP contribution in [0.15, 0.2) is 16.8 Å². The Morgan fingerprint density at radius 2 is 1.81 bits per heavy atom. The van der Waals surface area contributed by atoms with E-state index in [0.717, 1.165) is 50.7 Å². The van der Waals surface area contributed by atoms with Gasteiger partial charge in [-0.3, -0.25) is 9.59 Å². The van der Waals surface area contributed by atoms with E-state index in [1.807, 2.05) is 0 Å². The lowest BCUT2D eigenvalue weighted by Gasteiger charge is -2.59. The van der Waals surface area contributed by atoms with E-state index in [-0.39, 0.29) is 29.1 Å². The van der Waals surface area contributed by atoms with E-state index in [1.165, 1.54) is 5.57 Å². The second-order valence-electron chi connectivity index (χ2n) is 12.4. The number of aliphatic hydroxyl groups is 1. The first kappa shape index (κ1) is 26.8. The number of carbonyl (C=O) groups excluding carboxylic acids is 2. The van der Waals surface area contributed by atoms with Crippen LogP contribution in [0.25, 0.3) is 0 Å². The average molecular weight is 503 g/mol. The van der Waals surface area contributed by atoms with Crippen LogP contribution in [0.5, 0.6) is 0 Å². The highest BCUT2D eigenvalue weighted by atomic mass is 16.6. The molecule has 0 saturated heterocycles. The highest BCUT2D eigenvalue weighted by molar-refractivity contribution is 5.96. The number of nitrogens with zero attached hydrogens (tertiary/aromatic N) is 1. The zero-order valence-corrected chi connectivity index (χ0v) is 22.3. The lowest BCUT2D eigenvalue weighted by molar-refractivity contribution is -0.159. The van der Waals surface area contributed by atoms with Crippen LogP contribution in [0, 0.1) is 34.5 Å². The quantitative estimate of drug-likeness (QED) is 0.454. The number of aliphatic carboxylic acids is 1. The lowest BCUT2D eigenvalue weighted by Crippen LogP contribution is -2.57. The molecule has 7 unspecified atom stereocenters. The fraction of sp³-hybridized carbons (Fsp3) is 0.786. The molecule has 200 valence electrons. The lowest BCUT2D eigenvalue weighted by atomic mass is 9.46. The molecule has 0 aliphatic heterocycles. The summed E-state index contributed by atoms with van der Waals surface area (Å²) in [5, 5.41) is 27.2. The van der Waals surface area contributed by atoms with E-state index in [4.69, 9.17) is 4.84 Å². The van der Waals surface area contributed by atoms with Crippen molar-refractivity contribution in [2.45, 2.75) is 97.6 Å². The summed E-state index contributed by atoms with van der Waals surface area (Å²) in [6.45, 7) is 9.23. The van der Waals surface area contributed by atoms with Crippen LogP contribution in [0.3, 0.4) is 0 Å². The number of rotatable bonds is 7. The SMILES string of the molecule is CC(=O)C1(O)CCC2C3CCC4=CC(=NOCC(=O)NC(C(=O)O)C(C)C)CCC4(C)C3CCC21C. The molecule has 0 bridgehead atoms. The Kier molecular flexibility index (Phi) is 7.14. The Hall–Kier alpha value is -2.22. The Morgan fingerprint density at radius 3 is 2.44 bits per heavy atom. The topological polar surface area (TPSA) is 125 Å². The van der Waals surface area contributed by atoms with E-state index in [9.17, 15) is 24.6 Å². The molecule has 0 aromatic heterocycles. The third kappa shape index (κ3) is 4.29. The van der Waals surface area contributed by atoms with Gasteiger partial charge in [0.1, 0.15) is 11.6 Å². The summed E-state index contributed by atoms with van der Waals surface area (Å²) >= 11 is 0. The number of nitrogens with one attached hydrogen (secondary N) is 1. The summed E-state index contributed by atoms with van der Waals surface area (Å²) < 4.78 is 0. The summed E-state index contributed by atoms with van der Waals surface area (Å²) in [5.74, 6) is -0.455. The second kappa shape index (κ2) is 9.58. The summed E-state index contributed by atoms with van der Waals surface area (Å²) in [7, 11) is 0. The van der Waals surface area contributed by atoms with Gasteiger partial charge in [-0.05, 0) is 93.5 Å². The fourth-order valence-electron chi connectivity index (χ4n) is 8.14. The zero-order valence-electron chi connectivity index (χ0n) is 22.3. The highest BCUT2D eigenvalue weighted by Crippen LogP contribution is 2.67. The van der Waals surface area contributed by atoms with Gasteiger partial charge in [0.05, 0.1) is 5.71 Å².